The van der Waals surface area contributed by atoms with Crippen molar-refractivity contribution in [3.8, 4) is 5.75 Å². The number of aromatic nitrogens is 2. The highest BCUT2D eigenvalue weighted by Gasteiger charge is 2.36. The third-order valence-corrected chi connectivity index (χ3v) is 5.27. The average molecular weight is 418 g/mol. The quantitative estimate of drug-likeness (QED) is 0.621. The highest BCUT2D eigenvalue weighted by atomic mass is 35.5. The summed E-state index contributed by atoms with van der Waals surface area (Å²) in [5.74, 6) is 1.76. The molecule has 1 fully saturated rings. The van der Waals surface area contributed by atoms with Crippen molar-refractivity contribution >= 4 is 29.1 Å². The Morgan fingerprint density at radius 2 is 2.04 bits per heavy atom. The van der Waals surface area contributed by atoms with Gasteiger partial charge in [-0.15, -0.1) is 0 Å². The van der Waals surface area contributed by atoms with Gasteiger partial charge in [-0.25, -0.2) is 0 Å². The molecule has 0 atom stereocenters. The number of hydrogen-bond donors (Lipinski definition) is 0. The minimum Gasteiger partial charge on any atom is -0.496 e. The molecule has 8 heteroatoms. The SMILES string of the molecule is COc1ccccc1Cc1noc(C2CN(C(=O)c3cc(Cl)ccc3Cl)C2)n1. The zero-order valence-corrected chi connectivity index (χ0v) is 16.6. The third kappa shape index (κ3) is 3.70. The van der Waals surface area contributed by atoms with Crippen LogP contribution in [0.4, 0.5) is 0 Å². The van der Waals surface area contributed by atoms with Gasteiger partial charge in [0.25, 0.3) is 5.91 Å². The van der Waals surface area contributed by atoms with E-state index < -0.39 is 0 Å². The Morgan fingerprint density at radius 1 is 1.25 bits per heavy atom. The van der Waals surface area contributed by atoms with Crippen molar-refractivity contribution in [2.75, 3.05) is 20.2 Å². The van der Waals surface area contributed by atoms with Gasteiger partial charge in [0.05, 0.1) is 23.6 Å². The maximum atomic E-state index is 12.6. The van der Waals surface area contributed by atoms with Crippen molar-refractivity contribution in [2.24, 2.45) is 0 Å². The molecule has 2 heterocycles. The molecule has 0 spiro atoms. The molecule has 4 rings (SSSR count). The van der Waals surface area contributed by atoms with Crippen molar-refractivity contribution in [3.05, 3.63) is 75.4 Å². The predicted octanol–water partition coefficient (Wildman–Crippen LogP) is 4.22. The van der Waals surface area contributed by atoms with Crippen LogP contribution in [0.25, 0.3) is 0 Å². The monoisotopic (exact) mass is 417 g/mol. The summed E-state index contributed by atoms with van der Waals surface area (Å²) >= 11 is 12.1. The first-order chi connectivity index (χ1) is 13.5. The summed E-state index contributed by atoms with van der Waals surface area (Å²) in [5, 5.41) is 4.92. The van der Waals surface area contributed by atoms with Gasteiger partial charge in [-0.05, 0) is 24.3 Å². The Bertz CT molecular complexity index is 1020. The number of likely N-dealkylation sites (tertiary alicyclic amines) is 1. The summed E-state index contributed by atoms with van der Waals surface area (Å²) in [6.07, 6.45) is 0.515. The summed E-state index contributed by atoms with van der Waals surface area (Å²) < 4.78 is 10.8. The van der Waals surface area contributed by atoms with E-state index in [4.69, 9.17) is 32.5 Å². The maximum Gasteiger partial charge on any atom is 0.255 e. The molecule has 0 saturated carbocycles. The molecule has 1 aliphatic rings. The van der Waals surface area contributed by atoms with Gasteiger partial charge in [-0.2, -0.15) is 4.98 Å². The van der Waals surface area contributed by atoms with Crippen LogP contribution in [-0.4, -0.2) is 41.1 Å². The Labute approximate surface area is 172 Å². The molecule has 1 amide bonds. The van der Waals surface area contributed by atoms with Crippen LogP contribution >= 0.6 is 23.2 Å². The van der Waals surface area contributed by atoms with E-state index in [1.807, 2.05) is 24.3 Å². The Kier molecular flexibility index (Phi) is 5.24. The number of halogens is 2. The molecular formula is C20H17Cl2N3O3. The first-order valence-electron chi connectivity index (χ1n) is 8.74. The smallest absolute Gasteiger partial charge is 0.255 e. The molecule has 6 nitrogen and oxygen atoms in total. The van der Waals surface area contributed by atoms with E-state index in [0.717, 1.165) is 11.3 Å². The van der Waals surface area contributed by atoms with Crippen LogP contribution in [0, 0.1) is 0 Å². The van der Waals surface area contributed by atoms with Crippen molar-refractivity contribution < 1.29 is 14.1 Å². The molecule has 0 bridgehead atoms. The van der Waals surface area contributed by atoms with Crippen LogP contribution in [0.15, 0.2) is 47.0 Å². The maximum absolute atomic E-state index is 12.6. The van der Waals surface area contributed by atoms with Crippen LogP contribution in [0.5, 0.6) is 5.75 Å². The zero-order valence-electron chi connectivity index (χ0n) is 15.1. The third-order valence-electron chi connectivity index (χ3n) is 4.70. The lowest BCUT2D eigenvalue weighted by Gasteiger charge is -2.37. The van der Waals surface area contributed by atoms with Gasteiger partial charge in [0.15, 0.2) is 5.82 Å². The first kappa shape index (κ1) is 18.8. The molecule has 1 aliphatic heterocycles. The van der Waals surface area contributed by atoms with E-state index >= 15 is 0 Å². The summed E-state index contributed by atoms with van der Waals surface area (Å²) in [6.45, 7) is 0.996. The fourth-order valence-corrected chi connectivity index (χ4v) is 3.53. The van der Waals surface area contributed by atoms with Gasteiger partial charge in [-0.1, -0.05) is 46.6 Å². The van der Waals surface area contributed by atoms with Crippen molar-refractivity contribution in [3.63, 3.8) is 0 Å². The lowest BCUT2D eigenvalue weighted by Crippen LogP contribution is -2.48. The highest BCUT2D eigenvalue weighted by Crippen LogP contribution is 2.30. The number of rotatable bonds is 5. The average Bonchev–Trinajstić information content (AvgIpc) is 3.10. The van der Waals surface area contributed by atoms with Crippen LogP contribution in [0.3, 0.4) is 0 Å². The minimum atomic E-state index is -0.155. The standard InChI is InChI=1S/C20H17Cl2N3O3/c1-27-17-5-3-2-4-12(17)8-18-23-19(28-24-18)13-10-25(11-13)20(26)15-9-14(21)6-7-16(15)22/h2-7,9,13H,8,10-11H2,1H3. The van der Waals surface area contributed by atoms with E-state index in [1.54, 1.807) is 30.2 Å². The van der Waals surface area contributed by atoms with Crippen LogP contribution in [0.1, 0.15) is 33.6 Å². The molecule has 1 aromatic heterocycles. The van der Waals surface area contributed by atoms with E-state index in [0.29, 0.717) is 46.8 Å². The van der Waals surface area contributed by atoms with Crippen molar-refractivity contribution in [1.29, 1.82) is 0 Å². The molecule has 28 heavy (non-hydrogen) atoms. The predicted molar refractivity (Wildman–Crippen MR) is 105 cm³/mol. The number of benzene rings is 2. The second-order valence-corrected chi connectivity index (χ2v) is 7.41. The molecule has 1 saturated heterocycles. The first-order valence-corrected chi connectivity index (χ1v) is 9.49. The Hall–Kier alpha value is -2.57. The van der Waals surface area contributed by atoms with Gasteiger partial charge in [0, 0.05) is 30.1 Å². The van der Waals surface area contributed by atoms with Crippen LogP contribution < -0.4 is 4.74 Å². The van der Waals surface area contributed by atoms with Crippen LogP contribution in [-0.2, 0) is 6.42 Å². The normalized spacial score (nSPS) is 14.0. The Balaban J connectivity index is 1.40. The number of hydrogen-bond acceptors (Lipinski definition) is 5. The van der Waals surface area contributed by atoms with Crippen molar-refractivity contribution in [1.82, 2.24) is 15.0 Å². The van der Waals surface area contributed by atoms with Gasteiger partial charge >= 0.3 is 0 Å². The number of carbonyl (C=O) groups is 1. The lowest BCUT2D eigenvalue weighted by molar-refractivity contribution is 0.0569. The highest BCUT2D eigenvalue weighted by molar-refractivity contribution is 6.35. The summed E-state index contributed by atoms with van der Waals surface area (Å²) in [7, 11) is 1.63. The lowest BCUT2D eigenvalue weighted by atomic mass is 9.98. The van der Waals surface area contributed by atoms with E-state index in [1.165, 1.54) is 0 Å². The number of ether oxygens (including phenoxy) is 1. The fourth-order valence-electron chi connectivity index (χ4n) is 3.16. The van der Waals surface area contributed by atoms with Crippen molar-refractivity contribution in [2.45, 2.75) is 12.3 Å². The molecule has 3 aromatic rings. The number of amides is 1. The summed E-state index contributed by atoms with van der Waals surface area (Å²) in [6, 6.07) is 12.6. The largest absolute Gasteiger partial charge is 0.496 e. The zero-order chi connectivity index (χ0) is 19.7. The molecule has 0 unspecified atom stereocenters. The van der Waals surface area contributed by atoms with Gasteiger partial charge in [0.1, 0.15) is 5.75 Å². The molecule has 0 aliphatic carbocycles. The summed E-state index contributed by atoms with van der Waals surface area (Å²) in [5.41, 5.74) is 1.38. The van der Waals surface area contributed by atoms with E-state index in [9.17, 15) is 4.79 Å². The second-order valence-electron chi connectivity index (χ2n) is 6.57. The second kappa shape index (κ2) is 7.81. The van der Waals surface area contributed by atoms with E-state index in [2.05, 4.69) is 10.1 Å². The molecular weight excluding hydrogens is 401 g/mol. The van der Waals surface area contributed by atoms with Gasteiger partial charge in [-0.3, -0.25) is 4.79 Å². The van der Waals surface area contributed by atoms with E-state index in [-0.39, 0.29) is 11.8 Å². The van der Waals surface area contributed by atoms with Gasteiger partial charge in [0.2, 0.25) is 5.89 Å². The fraction of sp³-hybridized carbons (Fsp3) is 0.250. The molecule has 0 radical (unpaired) electrons. The number of nitrogens with zero attached hydrogens (tertiary/aromatic N) is 3. The number of methoxy groups -OCH3 is 1. The van der Waals surface area contributed by atoms with Gasteiger partial charge < -0.3 is 14.2 Å². The molecule has 144 valence electrons. The molecule has 0 N–H and O–H groups in total. The Morgan fingerprint density at radius 3 is 2.82 bits per heavy atom. The summed E-state index contributed by atoms with van der Waals surface area (Å²) in [4.78, 5) is 18.8. The topological polar surface area (TPSA) is 68.5 Å². The molecule has 2 aromatic carbocycles. The number of carbonyl (C=O) groups excluding carboxylic acids is 1. The minimum absolute atomic E-state index is 0.0147. The van der Waals surface area contributed by atoms with Crippen LogP contribution in [0.2, 0.25) is 10.0 Å². The number of para-hydroxylation sites is 1.